The maximum absolute atomic E-state index is 14.7. The number of unbranched alkanes of at least 4 members (excludes halogenated alkanes) is 36. The Balaban J connectivity index is 3.78. The predicted molar refractivity (Wildman–Crippen MR) is 384 cm³/mol. The summed E-state index contributed by atoms with van der Waals surface area (Å²) < 4.78 is 54.6. The van der Waals surface area contributed by atoms with Crippen LogP contribution >= 0.6 is 7.82 Å². The third-order valence-corrected chi connectivity index (χ3v) is 18.9. The molecule has 1 saturated heterocycles. The first-order chi connectivity index (χ1) is 47.3. The molecule has 2 unspecified atom stereocenters. The van der Waals surface area contributed by atoms with Crippen LogP contribution in [0.1, 0.15) is 369 Å². The number of hydrogen-bond donors (Lipinski definition) is 6. The molecule has 0 aromatic heterocycles. The first-order valence-electron chi connectivity index (χ1n) is 39.5. The van der Waals surface area contributed by atoms with E-state index in [1.807, 2.05) is 6.92 Å². The van der Waals surface area contributed by atoms with Crippen LogP contribution in [0.15, 0.2) is 0 Å². The van der Waals surface area contributed by atoms with E-state index in [2.05, 4.69) is 45.3 Å². The number of aliphatic hydroxyl groups is 1. The lowest BCUT2D eigenvalue weighted by Crippen LogP contribution is -2.66. The van der Waals surface area contributed by atoms with Crippen molar-refractivity contribution in [2.45, 2.75) is 424 Å². The lowest BCUT2D eigenvalue weighted by Gasteiger charge is -2.45. The van der Waals surface area contributed by atoms with Crippen molar-refractivity contribution >= 4 is 49.3 Å². The van der Waals surface area contributed by atoms with Gasteiger partial charge in [0.15, 0.2) is 18.1 Å². The highest BCUT2D eigenvalue weighted by Gasteiger charge is 2.51. The average molecular weight is 1420 g/mol. The normalized spacial score (nSPS) is 17.6. The van der Waals surface area contributed by atoms with E-state index < -0.39 is 131 Å². The van der Waals surface area contributed by atoms with Crippen LogP contribution in [0.25, 0.3) is 0 Å². The molecule has 22 heteroatoms. The Labute approximate surface area is 592 Å². The highest BCUT2D eigenvalue weighted by molar-refractivity contribution is 7.46. The number of nitrogens with one attached hydrogen (secondary N) is 2. The van der Waals surface area contributed by atoms with E-state index in [1.54, 1.807) is 0 Å². The molecule has 0 radical (unpaired) electrons. The van der Waals surface area contributed by atoms with Crippen LogP contribution in [-0.2, 0) is 71.1 Å². The summed E-state index contributed by atoms with van der Waals surface area (Å²) in [7, 11) is -5.51. The molecule has 1 heterocycles. The summed E-state index contributed by atoms with van der Waals surface area (Å²) in [5.41, 5.74) is 0. The van der Waals surface area contributed by atoms with Crippen molar-refractivity contribution in [1.29, 1.82) is 0 Å². The summed E-state index contributed by atoms with van der Waals surface area (Å²) in [5, 5.41) is 26.8. The first-order valence-corrected chi connectivity index (χ1v) is 41.0. The molecule has 1 rings (SSSR count). The van der Waals surface area contributed by atoms with Gasteiger partial charge in [0.2, 0.25) is 11.8 Å². The van der Waals surface area contributed by atoms with Gasteiger partial charge in [0.1, 0.15) is 49.3 Å². The van der Waals surface area contributed by atoms with Crippen LogP contribution in [0.3, 0.4) is 0 Å². The maximum Gasteiger partial charge on any atom is 0.470 e. The van der Waals surface area contributed by atoms with Crippen molar-refractivity contribution in [3.8, 4) is 0 Å². The quantitative estimate of drug-likeness (QED) is 0.0143. The minimum absolute atomic E-state index is 0.146. The highest BCUT2D eigenvalue weighted by Crippen LogP contribution is 2.42. The third-order valence-electron chi connectivity index (χ3n) is 18.4. The molecule has 1 aliphatic heterocycles. The van der Waals surface area contributed by atoms with Crippen LogP contribution in [0.2, 0.25) is 0 Å². The van der Waals surface area contributed by atoms with E-state index in [0.717, 1.165) is 180 Å². The molecule has 21 nitrogen and oxygen atoms in total. The van der Waals surface area contributed by atoms with Gasteiger partial charge in [-0.1, -0.05) is 273 Å². The maximum atomic E-state index is 14.7. The van der Waals surface area contributed by atoms with Crippen LogP contribution < -0.4 is 10.6 Å². The summed E-state index contributed by atoms with van der Waals surface area (Å²) in [6.45, 7) is 10.2. The van der Waals surface area contributed by atoms with Gasteiger partial charge in [0.25, 0.3) is 0 Å². The van der Waals surface area contributed by atoms with Crippen molar-refractivity contribution in [2.24, 2.45) is 0 Å². The first kappa shape index (κ1) is 92.5. The molecule has 0 aromatic rings. The number of phosphoric ester groups is 1. The standard InChI is InChI=1S/C76H141N2O19P/c1-7-13-19-24-28-31-35-39-44-49-62(93-69(83)52-43-18-12-6)55-61(80)59-91-74-72(78-68(82)57-64(51-46-41-37-33-30-26-21-15-9-3)95-71(85)54-48-42-34-27-22-16-10-4)76(96-66(58-79)73(74)97-98(88,89)90)92-60-65(75(86)87)77-67(81)56-63(94-70(84)53-47-38-23-17-11-5)50-45-40-36-32-29-25-20-14-8-2/h62-66,72-74,76,79H,7-60H2,1-6H3,(H,77,81)(H,78,82)(H,86,87)(H2,88,89,90)/t62-,63-,64-,65+,66?,72-,73+,74-,76?/m1/s1. The number of carboxylic acid groups (broad SMARTS) is 1. The zero-order chi connectivity index (χ0) is 72.3. The van der Waals surface area contributed by atoms with Crippen molar-refractivity contribution in [2.75, 3.05) is 19.8 Å². The number of carboxylic acids is 1. The zero-order valence-electron chi connectivity index (χ0n) is 62.2. The van der Waals surface area contributed by atoms with Gasteiger partial charge in [-0.25, -0.2) is 9.36 Å². The second-order valence-corrected chi connectivity index (χ2v) is 29.0. The Kier molecular flexibility index (Phi) is 58.5. The third kappa shape index (κ3) is 50.7. The van der Waals surface area contributed by atoms with E-state index in [4.69, 9.17) is 32.9 Å². The predicted octanol–water partition coefficient (Wildman–Crippen LogP) is 17.0. The van der Waals surface area contributed by atoms with Crippen molar-refractivity contribution < 1.29 is 91.1 Å². The van der Waals surface area contributed by atoms with E-state index in [0.29, 0.717) is 57.8 Å². The molecule has 9 atom stereocenters. The average Bonchev–Trinajstić information content (AvgIpc) is 0.787. The van der Waals surface area contributed by atoms with Crippen LogP contribution in [0.5, 0.6) is 0 Å². The number of aliphatic carboxylic acids is 1. The Morgan fingerprint density at radius 1 is 0.429 bits per heavy atom. The summed E-state index contributed by atoms with van der Waals surface area (Å²) in [4.78, 5) is 117. The minimum atomic E-state index is -5.51. The molecule has 1 aliphatic rings. The van der Waals surface area contributed by atoms with E-state index in [1.165, 1.54) is 51.4 Å². The van der Waals surface area contributed by atoms with Gasteiger partial charge in [-0.3, -0.25) is 33.3 Å². The smallest absolute Gasteiger partial charge is 0.470 e. The van der Waals surface area contributed by atoms with Gasteiger partial charge in [-0.05, 0) is 57.8 Å². The second-order valence-electron chi connectivity index (χ2n) is 27.8. The van der Waals surface area contributed by atoms with Gasteiger partial charge in [-0.2, -0.15) is 0 Å². The number of ether oxygens (including phenoxy) is 6. The molecule has 574 valence electrons. The Morgan fingerprint density at radius 3 is 1.11 bits per heavy atom. The fourth-order valence-corrected chi connectivity index (χ4v) is 13.2. The number of carbonyl (C=O) groups excluding carboxylic acids is 6. The van der Waals surface area contributed by atoms with Gasteiger partial charge >= 0.3 is 31.7 Å². The monoisotopic (exact) mass is 1420 g/mol. The fourth-order valence-electron chi connectivity index (χ4n) is 12.6. The molecule has 0 spiro atoms. The zero-order valence-corrected chi connectivity index (χ0v) is 63.1. The topological polar surface area (TPSA) is 306 Å². The number of aliphatic hydroxyl groups excluding tert-OH is 1. The number of rotatable bonds is 69. The minimum Gasteiger partial charge on any atom is -0.480 e. The molecule has 0 saturated carbocycles. The molecule has 98 heavy (non-hydrogen) atoms. The highest BCUT2D eigenvalue weighted by atomic mass is 31.2. The second kappa shape index (κ2) is 62.0. The molecule has 0 aromatic carbocycles. The van der Waals surface area contributed by atoms with Gasteiger partial charge in [-0.15, -0.1) is 0 Å². The lowest BCUT2D eigenvalue weighted by molar-refractivity contribution is -0.274. The van der Waals surface area contributed by atoms with Crippen LogP contribution in [0, 0.1) is 0 Å². The number of hydrogen-bond acceptors (Lipinski definition) is 16. The molecule has 2 amide bonds. The van der Waals surface area contributed by atoms with Gasteiger partial charge in [0.05, 0.1) is 26.1 Å². The van der Waals surface area contributed by atoms with E-state index in [9.17, 15) is 58.1 Å². The molecular formula is C76H141N2O19P. The van der Waals surface area contributed by atoms with E-state index >= 15 is 0 Å². The largest absolute Gasteiger partial charge is 0.480 e. The van der Waals surface area contributed by atoms with Crippen molar-refractivity contribution in [3.05, 3.63) is 0 Å². The van der Waals surface area contributed by atoms with Crippen molar-refractivity contribution in [3.63, 3.8) is 0 Å². The number of amides is 2. The van der Waals surface area contributed by atoms with Crippen LogP contribution in [0.4, 0.5) is 0 Å². The van der Waals surface area contributed by atoms with Gasteiger partial charge < -0.3 is 59.1 Å². The Hall–Kier alpha value is -3.56. The number of esters is 3. The number of Topliss-reactive ketones (excluding diaryl/α,β-unsaturated/α-hetero) is 1. The lowest BCUT2D eigenvalue weighted by atomic mass is 9.96. The summed E-state index contributed by atoms with van der Waals surface area (Å²) in [5.74, 6) is -4.98. The molecule has 6 N–H and O–H groups in total. The SMILES string of the molecule is CCCCCCCCCCC[C@H](CC(=O)CO[C@@H]1[C@@H](NC(=O)C[C@@H](CCCCCCCCCCC)OC(=O)CCCCCCCCC)C(OC[C@H](NC(=O)C[C@@H](CCCCCCCCCCC)OC(=O)CCCCCCC)C(=O)O)OC(CO)[C@@H]1OP(=O)(O)O)OC(=O)CCCCC. The number of phosphoric acid groups is 1. The van der Waals surface area contributed by atoms with Crippen LogP contribution in [-0.4, -0.2) is 136 Å². The molecule has 0 bridgehead atoms. The summed E-state index contributed by atoms with van der Waals surface area (Å²) in [6.07, 6.45) is 32.6. The molecule has 0 aliphatic carbocycles. The van der Waals surface area contributed by atoms with E-state index in [-0.39, 0.29) is 32.1 Å². The molecule has 1 fully saturated rings. The Bertz CT molecular complexity index is 2080. The van der Waals surface area contributed by atoms with Crippen molar-refractivity contribution in [1.82, 2.24) is 10.6 Å². The molecular weight excluding hydrogens is 1280 g/mol. The Morgan fingerprint density at radius 2 is 0.755 bits per heavy atom. The fraction of sp³-hybridized carbons (Fsp3) is 0.908. The summed E-state index contributed by atoms with van der Waals surface area (Å²) in [6, 6.07) is -3.47. The summed E-state index contributed by atoms with van der Waals surface area (Å²) >= 11 is 0. The number of carbonyl (C=O) groups is 7. The number of ketones is 1. The van der Waals surface area contributed by atoms with Gasteiger partial charge in [0, 0.05) is 25.7 Å².